The molecular formula is C18H24N4. The molecule has 0 unspecified atom stereocenters. The van der Waals surface area contributed by atoms with Crippen LogP contribution in [0.15, 0.2) is 30.5 Å². The van der Waals surface area contributed by atoms with Gasteiger partial charge >= 0.3 is 0 Å². The monoisotopic (exact) mass is 296 g/mol. The predicted molar refractivity (Wildman–Crippen MR) is 91.0 cm³/mol. The first-order valence-electron chi connectivity index (χ1n) is 8.11. The minimum absolute atomic E-state index is 0.342. The standard InChI is InChI=1S/C18H24N4/c1-3-16-17(22-10-8-15(19)9-11-22)12-20-18(21-16)14-6-4-13(2)5-7-14/h4-7,12,15H,3,8-11,19H2,1-2H3. The molecule has 2 N–H and O–H groups in total. The molecule has 0 amide bonds. The molecule has 2 heterocycles. The Hall–Kier alpha value is -1.94. The van der Waals surface area contributed by atoms with E-state index in [4.69, 9.17) is 10.7 Å². The van der Waals surface area contributed by atoms with Crippen LogP contribution >= 0.6 is 0 Å². The highest BCUT2D eigenvalue weighted by Gasteiger charge is 2.19. The lowest BCUT2D eigenvalue weighted by Gasteiger charge is -2.32. The Kier molecular flexibility index (Phi) is 4.39. The number of hydrogen-bond acceptors (Lipinski definition) is 4. The number of aromatic nitrogens is 2. The molecule has 0 bridgehead atoms. The molecule has 0 radical (unpaired) electrons. The van der Waals surface area contributed by atoms with Gasteiger partial charge in [0, 0.05) is 24.7 Å². The lowest BCUT2D eigenvalue weighted by atomic mass is 10.1. The summed E-state index contributed by atoms with van der Waals surface area (Å²) in [6.45, 7) is 6.25. The average molecular weight is 296 g/mol. The minimum atomic E-state index is 0.342. The first kappa shape index (κ1) is 15.0. The van der Waals surface area contributed by atoms with Gasteiger partial charge in [0.25, 0.3) is 0 Å². The summed E-state index contributed by atoms with van der Waals surface area (Å²) in [6, 6.07) is 8.72. The van der Waals surface area contributed by atoms with Gasteiger partial charge in [0.1, 0.15) is 0 Å². The van der Waals surface area contributed by atoms with Crippen LogP contribution in [0.1, 0.15) is 31.0 Å². The summed E-state index contributed by atoms with van der Waals surface area (Å²) in [5, 5.41) is 0. The van der Waals surface area contributed by atoms with Gasteiger partial charge in [-0.05, 0) is 26.2 Å². The minimum Gasteiger partial charge on any atom is -0.369 e. The maximum Gasteiger partial charge on any atom is 0.159 e. The summed E-state index contributed by atoms with van der Waals surface area (Å²) in [5.41, 5.74) is 10.6. The molecule has 1 aliphatic rings. The van der Waals surface area contributed by atoms with Gasteiger partial charge in [0.2, 0.25) is 0 Å². The third-order valence-electron chi connectivity index (χ3n) is 4.37. The molecule has 1 aliphatic heterocycles. The number of piperidine rings is 1. The maximum atomic E-state index is 6.00. The van der Waals surface area contributed by atoms with E-state index in [0.29, 0.717) is 6.04 Å². The number of benzene rings is 1. The van der Waals surface area contributed by atoms with Crippen molar-refractivity contribution in [3.05, 3.63) is 41.7 Å². The predicted octanol–water partition coefficient (Wildman–Crippen LogP) is 2.94. The molecule has 1 aromatic carbocycles. The number of nitrogens with two attached hydrogens (primary N) is 1. The molecule has 1 fully saturated rings. The Balaban J connectivity index is 1.89. The van der Waals surface area contributed by atoms with Crippen molar-refractivity contribution in [3.8, 4) is 11.4 Å². The van der Waals surface area contributed by atoms with Crippen molar-refractivity contribution in [2.75, 3.05) is 18.0 Å². The normalized spacial score (nSPS) is 16.0. The Morgan fingerprint density at radius 2 is 1.86 bits per heavy atom. The molecule has 0 saturated carbocycles. The Bertz CT molecular complexity index is 628. The van der Waals surface area contributed by atoms with Crippen molar-refractivity contribution < 1.29 is 0 Å². The largest absolute Gasteiger partial charge is 0.369 e. The summed E-state index contributed by atoms with van der Waals surface area (Å²) in [6.07, 6.45) is 4.99. The molecule has 3 rings (SSSR count). The van der Waals surface area contributed by atoms with Crippen LogP contribution in [0, 0.1) is 6.92 Å². The lowest BCUT2D eigenvalue weighted by Crippen LogP contribution is -2.40. The fourth-order valence-corrected chi connectivity index (χ4v) is 2.92. The fraction of sp³-hybridized carbons (Fsp3) is 0.444. The van der Waals surface area contributed by atoms with Gasteiger partial charge in [-0.3, -0.25) is 0 Å². The molecule has 1 saturated heterocycles. The highest BCUT2D eigenvalue weighted by atomic mass is 15.2. The van der Waals surface area contributed by atoms with E-state index in [2.05, 4.69) is 48.0 Å². The van der Waals surface area contributed by atoms with Crippen LogP contribution in [-0.4, -0.2) is 29.1 Å². The van der Waals surface area contributed by atoms with Gasteiger partial charge in [0.15, 0.2) is 5.82 Å². The van der Waals surface area contributed by atoms with Crippen molar-refractivity contribution in [2.24, 2.45) is 5.73 Å². The SMILES string of the molecule is CCc1nc(-c2ccc(C)cc2)ncc1N1CCC(N)CC1. The molecule has 0 atom stereocenters. The zero-order chi connectivity index (χ0) is 15.5. The molecule has 0 spiro atoms. The first-order chi connectivity index (χ1) is 10.7. The van der Waals surface area contributed by atoms with Crippen LogP contribution in [0.4, 0.5) is 5.69 Å². The van der Waals surface area contributed by atoms with E-state index >= 15 is 0 Å². The van der Waals surface area contributed by atoms with Crippen molar-refractivity contribution in [1.29, 1.82) is 0 Å². The summed E-state index contributed by atoms with van der Waals surface area (Å²) < 4.78 is 0. The zero-order valence-electron chi connectivity index (χ0n) is 13.4. The first-order valence-corrected chi connectivity index (χ1v) is 8.11. The molecular weight excluding hydrogens is 272 g/mol. The van der Waals surface area contributed by atoms with Crippen LogP contribution in [-0.2, 0) is 6.42 Å². The molecule has 0 aliphatic carbocycles. The Morgan fingerprint density at radius 1 is 1.18 bits per heavy atom. The topological polar surface area (TPSA) is 55.0 Å². The molecule has 116 valence electrons. The molecule has 4 nitrogen and oxygen atoms in total. The van der Waals surface area contributed by atoms with Crippen LogP contribution < -0.4 is 10.6 Å². The van der Waals surface area contributed by atoms with E-state index in [1.165, 1.54) is 11.3 Å². The number of rotatable bonds is 3. The lowest BCUT2D eigenvalue weighted by molar-refractivity contribution is 0.499. The van der Waals surface area contributed by atoms with Crippen molar-refractivity contribution >= 4 is 5.69 Å². The smallest absolute Gasteiger partial charge is 0.159 e. The summed E-state index contributed by atoms with van der Waals surface area (Å²) in [4.78, 5) is 11.8. The summed E-state index contributed by atoms with van der Waals surface area (Å²) in [7, 11) is 0. The molecule has 1 aromatic heterocycles. The number of nitrogens with zero attached hydrogens (tertiary/aromatic N) is 3. The van der Waals surface area contributed by atoms with Gasteiger partial charge in [-0.1, -0.05) is 36.8 Å². The second-order valence-corrected chi connectivity index (χ2v) is 6.07. The summed E-state index contributed by atoms with van der Waals surface area (Å²) >= 11 is 0. The fourth-order valence-electron chi connectivity index (χ4n) is 2.92. The highest BCUT2D eigenvalue weighted by Crippen LogP contribution is 2.25. The van der Waals surface area contributed by atoms with Gasteiger partial charge in [0.05, 0.1) is 17.6 Å². The second-order valence-electron chi connectivity index (χ2n) is 6.07. The second kappa shape index (κ2) is 6.44. The number of aryl methyl sites for hydroxylation is 2. The van der Waals surface area contributed by atoms with E-state index in [-0.39, 0.29) is 0 Å². The van der Waals surface area contributed by atoms with Gasteiger partial charge in [-0.25, -0.2) is 9.97 Å². The summed E-state index contributed by atoms with van der Waals surface area (Å²) in [5.74, 6) is 0.814. The molecule has 22 heavy (non-hydrogen) atoms. The zero-order valence-corrected chi connectivity index (χ0v) is 13.4. The van der Waals surface area contributed by atoms with Crippen LogP contribution in [0.25, 0.3) is 11.4 Å². The van der Waals surface area contributed by atoms with E-state index in [9.17, 15) is 0 Å². The highest BCUT2D eigenvalue weighted by molar-refractivity contribution is 5.59. The van der Waals surface area contributed by atoms with Gasteiger partial charge in [-0.15, -0.1) is 0 Å². The van der Waals surface area contributed by atoms with E-state index < -0.39 is 0 Å². The average Bonchev–Trinajstić information content (AvgIpc) is 2.56. The third kappa shape index (κ3) is 3.12. The van der Waals surface area contributed by atoms with Crippen LogP contribution in [0.3, 0.4) is 0 Å². The Morgan fingerprint density at radius 3 is 2.50 bits per heavy atom. The number of hydrogen-bond donors (Lipinski definition) is 1. The number of anilines is 1. The van der Waals surface area contributed by atoms with E-state index in [0.717, 1.165) is 49.4 Å². The quantitative estimate of drug-likeness (QED) is 0.946. The van der Waals surface area contributed by atoms with Crippen molar-refractivity contribution in [3.63, 3.8) is 0 Å². The van der Waals surface area contributed by atoms with Gasteiger partial charge < -0.3 is 10.6 Å². The molecule has 4 heteroatoms. The van der Waals surface area contributed by atoms with E-state index in [1.807, 2.05) is 6.20 Å². The van der Waals surface area contributed by atoms with Crippen molar-refractivity contribution in [2.45, 2.75) is 39.2 Å². The molecule has 2 aromatic rings. The maximum absolute atomic E-state index is 6.00. The van der Waals surface area contributed by atoms with Crippen LogP contribution in [0.2, 0.25) is 0 Å². The third-order valence-corrected chi connectivity index (χ3v) is 4.37. The van der Waals surface area contributed by atoms with Gasteiger partial charge in [-0.2, -0.15) is 0 Å². The van der Waals surface area contributed by atoms with Crippen LogP contribution in [0.5, 0.6) is 0 Å². The van der Waals surface area contributed by atoms with Crippen molar-refractivity contribution in [1.82, 2.24) is 9.97 Å². The Labute approximate surface area is 132 Å². The van der Waals surface area contributed by atoms with E-state index in [1.54, 1.807) is 0 Å².